The molecule has 0 aromatic carbocycles. The molecule has 1 saturated heterocycles. The molecule has 0 radical (unpaired) electrons. The third-order valence-electron chi connectivity index (χ3n) is 6.90. The van der Waals surface area contributed by atoms with E-state index in [0.29, 0.717) is 62.0 Å². The molecule has 184 valence electrons. The summed E-state index contributed by atoms with van der Waals surface area (Å²) < 4.78 is 6.78. The molecular formula is C26H32N6O3. The van der Waals surface area contributed by atoms with E-state index in [-0.39, 0.29) is 17.7 Å². The number of aromatic nitrogens is 4. The molecule has 2 amide bonds. The standard InChI is InChI=1S/C26H32N6O3/c1-17-23-20(26(34)31-13-9-19(10-14-31)25(33)28-12-5-15-35-2)16-21(18-7-8-18)29-24(23)32(30-17)22-6-3-4-11-27-22/h3-4,6,11,16,18-19H,5,7-10,12-15H2,1-2H3,(H,28,33). The average molecular weight is 477 g/mol. The lowest BCUT2D eigenvalue weighted by Gasteiger charge is -2.31. The van der Waals surface area contributed by atoms with Crippen LogP contribution < -0.4 is 5.32 Å². The number of piperidine rings is 1. The summed E-state index contributed by atoms with van der Waals surface area (Å²) in [6, 6.07) is 7.64. The minimum Gasteiger partial charge on any atom is -0.385 e. The van der Waals surface area contributed by atoms with Crippen molar-refractivity contribution >= 4 is 22.8 Å². The SMILES string of the molecule is COCCCNC(=O)C1CCN(C(=O)c2cc(C3CC3)nc3c2c(C)nn3-c2ccccn2)CC1. The zero-order valence-electron chi connectivity index (χ0n) is 20.4. The highest BCUT2D eigenvalue weighted by atomic mass is 16.5. The zero-order valence-corrected chi connectivity index (χ0v) is 20.4. The highest BCUT2D eigenvalue weighted by molar-refractivity contribution is 6.07. The number of carbonyl (C=O) groups excluding carboxylic acids is 2. The molecule has 0 bridgehead atoms. The first-order chi connectivity index (χ1) is 17.1. The minimum absolute atomic E-state index is 0.0121. The number of hydrogen-bond donors (Lipinski definition) is 1. The lowest BCUT2D eigenvalue weighted by molar-refractivity contribution is -0.126. The third-order valence-corrected chi connectivity index (χ3v) is 6.90. The molecule has 1 N–H and O–H groups in total. The normalized spacial score (nSPS) is 16.6. The maximum Gasteiger partial charge on any atom is 0.254 e. The second-order valence-electron chi connectivity index (χ2n) is 9.46. The number of likely N-dealkylation sites (tertiary alicyclic amines) is 1. The Hall–Kier alpha value is -3.33. The van der Waals surface area contributed by atoms with E-state index < -0.39 is 0 Å². The van der Waals surface area contributed by atoms with Gasteiger partial charge in [-0.3, -0.25) is 9.59 Å². The van der Waals surface area contributed by atoms with Crippen molar-refractivity contribution in [1.82, 2.24) is 30.0 Å². The van der Waals surface area contributed by atoms with Gasteiger partial charge in [0.1, 0.15) is 0 Å². The molecule has 2 fully saturated rings. The smallest absolute Gasteiger partial charge is 0.254 e. The van der Waals surface area contributed by atoms with Crippen LogP contribution in [0.15, 0.2) is 30.5 Å². The second kappa shape index (κ2) is 10.1. The molecule has 35 heavy (non-hydrogen) atoms. The molecule has 0 spiro atoms. The van der Waals surface area contributed by atoms with Crippen molar-refractivity contribution in [2.45, 2.75) is 44.9 Å². The predicted octanol–water partition coefficient (Wildman–Crippen LogP) is 3.01. The molecule has 0 unspecified atom stereocenters. The third kappa shape index (κ3) is 4.91. The van der Waals surface area contributed by atoms with Crippen LogP contribution in [0.2, 0.25) is 0 Å². The van der Waals surface area contributed by atoms with Crippen molar-refractivity contribution in [1.29, 1.82) is 0 Å². The first-order valence-corrected chi connectivity index (χ1v) is 12.4. The highest BCUT2D eigenvalue weighted by Crippen LogP contribution is 2.41. The highest BCUT2D eigenvalue weighted by Gasteiger charge is 2.32. The van der Waals surface area contributed by atoms with Gasteiger partial charge in [-0.25, -0.2) is 9.97 Å². The molecule has 5 rings (SSSR count). The Balaban J connectivity index is 1.37. The number of amides is 2. The molecule has 0 atom stereocenters. The van der Waals surface area contributed by atoms with Crippen molar-refractivity contribution in [2.24, 2.45) is 5.92 Å². The fourth-order valence-electron chi connectivity index (χ4n) is 4.79. The molecule has 1 aliphatic heterocycles. The van der Waals surface area contributed by atoms with E-state index in [1.807, 2.05) is 36.1 Å². The fourth-order valence-corrected chi connectivity index (χ4v) is 4.79. The molecule has 1 aliphatic carbocycles. The van der Waals surface area contributed by atoms with Gasteiger partial charge in [-0.15, -0.1) is 0 Å². The van der Waals surface area contributed by atoms with Gasteiger partial charge in [0.05, 0.1) is 16.6 Å². The summed E-state index contributed by atoms with van der Waals surface area (Å²) in [6.45, 7) is 4.28. The molecule has 3 aromatic heterocycles. The molecule has 4 heterocycles. The van der Waals surface area contributed by atoms with Gasteiger partial charge in [0.15, 0.2) is 11.5 Å². The zero-order chi connectivity index (χ0) is 24.4. The molecule has 9 heteroatoms. The Morgan fingerprint density at radius 2 is 1.97 bits per heavy atom. The lowest BCUT2D eigenvalue weighted by atomic mass is 9.95. The van der Waals surface area contributed by atoms with Gasteiger partial charge in [0, 0.05) is 57.1 Å². The van der Waals surface area contributed by atoms with E-state index in [1.165, 1.54) is 0 Å². The molecular weight excluding hydrogens is 444 g/mol. The first-order valence-electron chi connectivity index (χ1n) is 12.4. The Bertz CT molecular complexity index is 1210. The maximum absolute atomic E-state index is 13.8. The summed E-state index contributed by atoms with van der Waals surface area (Å²) in [6.07, 6.45) is 6.04. The van der Waals surface area contributed by atoms with Crippen molar-refractivity contribution < 1.29 is 14.3 Å². The van der Waals surface area contributed by atoms with Gasteiger partial charge in [-0.05, 0) is 57.2 Å². The topological polar surface area (TPSA) is 102 Å². The number of aryl methyl sites for hydroxylation is 1. The molecule has 3 aromatic rings. The summed E-state index contributed by atoms with van der Waals surface area (Å²) in [5.41, 5.74) is 3.04. The molecule has 2 aliphatic rings. The van der Waals surface area contributed by atoms with Crippen LogP contribution in [0, 0.1) is 12.8 Å². The maximum atomic E-state index is 13.8. The van der Waals surface area contributed by atoms with E-state index in [2.05, 4.69) is 10.3 Å². The van der Waals surface area contributed by atoms with Crippen LogP contribution in [-0.4, -0.2) is 69.8 Å². The van der Waals surface area contributed by atoms with Crippen LogP contribution in [0.4, 0.5) is 0 Å². The number of carbonyl (C=O) groups is 2. The fraction of sp³-hybridized carbons (Fsp3) is 0.500. The summed E-state index contributed by atoms with van der Waals surface area (Å²) in [7, 11) is 1.66. The Morgan fingerprint density at radius 3 is 2.66 bits per heavy atom. The Morgan fingerprint density at radius 1 is 1.17 bits per heavy atom. The van der Waals surface area contributed by atoms with Crippen LogP contribution >= 0.6 is 0 Å². The van der Waals surface area contributed by atoms with Crippen molar-refractivity contribution in [2.75, 3.05) is 33.4 Å². The van der Waals surface area contributed by atoms with Crippen molar-refractivity contribution in [3.63, 3.8) is 0 Å². The van der Waals surface area contributed by atoms with Gasteiger partial charge in [-0.1, -0.05) is 6.07 Å². The van der Waals surface area contributed by atoms with E-state index >= 15 is 0 Å². The number of ether oxygens (including phenoxy) is 1. The van der Waals surface area contributed by atoms with E-state index in [9.17, 15) is 9.59 Å². The summed E-state index contributed by atoms with van der Waals surface area (Å²) in [4.78, 5) is 37.5. The van der Waals surface area contributed by atoms with Gasteiger partial charge >= 0.3 is 0 Å². The number of rotatable bonds is 8. The summed E-state index contributed by atoms with van der Waals surface area (Å²) in [5, 5.41) is 8.48. The first kappa shape index (κ1) is 23.4. The van der Waals surface area contributed by atoms with Crippen molar-refractivity contribution in [3.8, 4) is 5.82 Å². The molecule has 1 saturated carbocycles. The quantitative estimate of drug-likeness (QED) is 0.502. The van der Waals surface area contributed by atoms with Crippen LogP contribution in [0.25, 0.3) is 16.9 Å². The summed E-state index contributed by atoms with van der Waals surface area (Å²) >= 11 is 0. The van der Waals surface area contributed by atoms with Crippen LogP contribution in [0.3, 0.4) is 0 Å². The largest absolute Gasteiger partial charge is 0.385 e. The number of methoxy groups -OCH3 is 1. The van der Waals surface area contributed by atoms with E-state index in [0.717, 1.165) is 36.0 Å². The number of fused-ring (bicyclic) bond motifs is 1. The Kier molecular flexibility index (Phi) is 6.77. The van der Waals surface area contributed by atoms with Gasteiger partial charge < -0.3 is 15.0 Å². The average Bonchev–Trinajstić information content (AvgIpc) is 3.69. The van der Waals surface area contributed by atoms with E-state index in [1.54, 1.807) is 18.0 Å². The second-order valence-corrected chi connectivity index (χ2v) is 9.46. The number of nitrogens with one attached hydrogen (secondary N) is 1. The minimum atomic E-state index is -0.0604. The summed E-state index contributed by atoms with van der Waals surface area (Å²) in [5.74, 6) is 1.08. The number of pyridine rings is 2. The van der Waals surface area contributed by atoms with Crippen LogP contribution in [0.5, 0.6) is 0 Å². The van der Waals surface area contributed by atoms with Crippen LogP contribution in [0.1, 0.15) is 59.8 Å². The monoisotopic (exact) mass is 476 g/mol. The Labute approximate surface area is 204 Å². The van der Waals surface area contributed by atoms with Crippen molar-refractivity contribution in [3.05, 3.63) is 47.4 Å². The van der Waals surface area contributed by atoms with E-state index in [4.69, 9.17) is 14.8 Å². The van der Waals surface area contributed by atoms with Gasteiger partial charge in [0.25, 0.3) is 5.91 Å². The van der Waals surface area contributed by atoms with Crippen LogP contribution in [-0.2, 0) is 9.53 Å². The predicted molar refractivity (Wildman–Crippen MR) is 132 cm³/mol. The number of hydrogen-bond acceptors (Lipinski definition) is 6. The number of nitrogens with zero attached hydrogens (tertiary/aromatic N) is 5. The van der Waals surface area contributed by atoms with Gasteiger partial charge in [-0.2, -0.15) is 9.78 Å². The van der Waals surface area contributed by atoms with Gasteiger partial charge in [0.2, 0.25) is 5.91 Å². The molecule has 9 nitrogen and oxygen atoms in total. The lowest BCUT2D eigenvalue weighted by Crippen LogP contribution is -2.43.